The van der Waals surface area contributed by atoms with Crippen LogP contribution in [0.3, 0.4) is 0 Å². The second-order valence-electron chi connectivity index (χ2n) is 5.50. The molecule has 0 saturated heterocycles. The van der Waals surface area contributed by atoms with Gasteiger partial charge < -0.3 is 9.47 Å². The second kappa shape index (κ2) is 5.42. The highest BCUT2D eigenvalue weighted by Gasteiger charge is 2.25. The van der Waals surface area contributed by atoms with Gasteiger partial charge in [0.25, 0.3) is 0 Å². The fourth-order valence-electron chi connectivity index (χ4n) is 1.71. The molecule has 0 N–H and O–H groups in total. The largest absolute Gasteiger partial charge is 0.496 e. The number of carbonyl (C=O) groups excluding carboxylic acids is 1. The Labute approximate surface area is 109 Å². The summed E-state index contributed by atoms with van der Waals surface area (Å²) in [7, 11) is 1.61. The third-order valence-electron chi connectivity index (χ3n) is 2.61. The van der Waals surface area contributed by atoms with Crippen LogP contribution in [0, 0.1) is 6.92 Å². The minimum Gasteiger partial charge on any atom is -0.496 e. The molecule has 0 aliphatic rings. The summed E-state index contributed by atoms with van der Waals surface area (Å²) in [4.78, 5) is 12.1. The Kier molecular flexibility index (Phi) is 4.38. The van der Waals surface area contributed by atoms with E-state index in [-0.39, 0.29) is 11.9 Å². The van der Waals surface area contributed by atoms with Crippen molar-refractivity contribution in [1.82, 2.24) is 0 Å². The predicted molar refractivity (Wildman–Crippen MR) is 72.0 cm³/mol. The van der Waals surface area contributed by atoms with Crippen LogP contribution in [-0.4, -0.2) is 18.7 Å². The smallest absolute Gasteiger partial charge is 0.313 e. The molecule has 0 amide bonds. The van der Waals surface area contributed by atoms with E-state index in [0.717, 1.165) is 16.9 Å². The Morgan fingerprint density at radius 1 is 1.28 bits per heavy atom. The van der Waals surface area contributed by atoms with Gasteiger partial charge in [0.2, 0.25) is 0 Å². The van der Waals surface area contributed by atoms with Gasteiger partial charge >= 0.3 is 5.97 Å². The third kappa shape index (κ3) is 3.76. The molecule has 1 atom stereocenters. The van der Waals surface area contributed by atoms with E-state index in [1.807, 2.05) is 52.8 Å². The number of hydrogen-bond donors (Lipinski definition) is 0. The van der Waals surface area contributed by atoms with Gasteiger partial charge in [-0.2, -0.15) is 0 Å². The number of aryl methyl sites for hydroxylation is 1. The SMILES string of the molecule is COc1ccc(C)cc1C(C)C(=O)OC(C)(C)C. The quantitative estimate of drug-likeness (QED) is 0.771. The Morgan fingerprint density at radius 3 is 2.39 bits per heavy atom. The molecule has 1 aromatic rings. The molecule has 1 rings (SSSR count). The molecular formula is C15H22O3. The van der Waals surface area contributed by atoms with Crippen LogP contribution in [0.25, 0.3) is 0 Å². The molecule has 1 aromatic carbocycles. The maximum Gasteiger partial charge on any atom is 0.313 e. The molecule has 0 fully saturated rings. The lowest BCUT2D eigenvalue weighted by Gasteiger charge is -2.23. The second-order valence-corrected chi connectivity index (χ2v) is 5.50. The minimum absolute atomic E-state index is 0.230. The fraction of sp³-hybridized carbons (Fsp3) is 0.533. The molecular weight excluding hydrogens is 228 g/mol. The lowest BCUT2D eigenvalue weighted by Crippen LogP contribution is -2.27. The van der Waals surface area contributed by atoms with Crippen molar-refractivity contribution in [3.8, 4) is 5.75 Å². The first-order valence-corrected chi connectivity index (χ1v) is 6.12. The molecule has 0 aromatic heterocycles. The maximum absolute atomic E-state index is 12.1. The van der Waals surface area contributed by atoms with Gasteiger partial charge in [-0.1, -0.05) is 17.7 Å². The molecule has 18 heavy (non-hydrogen) atoms. The van der Waals surface area contributed by atoms with Crippen LogP contribution >= 0.6 is 0 Å². The number of carbonyl (C=O) groups is 1. The lowest BCUT2D eigenvalue weighted by molar-refractivity contribution is -0.156. The van der Waals surface area contributed by atoms with Crippen LogP contribution < -0.4 is 4.74 Å². The van der Waals surface area contributed by atoms with Crippen LogP contribution in [0.4, 0.5) is 0 Å². The molecule has 0 aliphatic carbocycles. The average Bonchev–Trinajstić information content (AvgIpc) is 2.25. The van der Waals surface area contributed by atoms with Gasteiger partial charge in [0.05, 0.1) is 13.0 Å². The van der Waals surface area contributed by atoms with Gasteiger partial charge in [0.15, 0.2) is 0 Å². The van der Waals surface area contributed by atoms with E-state index in [1.54, 1.807) is 7.11 Å². The standard InChI is InChI=1S/C15H22O3/c1-10-7-8-13(17-6)12(9-10)11(2)14(16)18-15(3,4)5/h7-9,11H,1-6H3. The van der Waals surface area contributed by atoms with E-state index in [1.165, 1.54) is 0 Å². The van der Waals surface area contributed by atoms with Crippen LogP contribution in [0.15, 0.2) is 18.2 Å². The molecule has 0 radical (unpaired) electrons. The van der Waals surface area contributed by atoms with Crippen LogP contribution in [0.5, 0.6) is 5.75 Å². The molecule has 1 unspecified atom stereocenters. The van der Waals surface area contributed by atoms with Gasteiger partial charge in [0.1, 0.15) is 11.4 Å². The van der Waals surface area contributed by atoms with Crippen LogP contribution in [-0.2, 0) is 9.53 Å². The van der Waals surface area contributed by atoms with Crippen molar-refractivity contribution in [3.63, 3.8) is 0 Å². The van der Waals surface area contributed by atoms with Gasteiger partial charge in [-0.15, -0.1) is 0 Å². The molecule has 100 valence electrons. The summed E-state index contributed by atoms with van der Waals surface area (Å²) in [6.45, 7) is 9.43. The Morgan fingerprint density at radius 2 is 1.89 bits per heavy atom. The Bertz CT molecular complexity index is 430. The number of rotatable bonds is 3. The first-order valence-electron chi connectivity index (χ1n) is 6.12. The van der Waals surface area contributed by atoms with Gasteiger partial charge in [0, 0.05) is 5.56 Å². The summed E-state index contributed by atoms with van der Waals surface area (Å²) in [5.41, 5.74) is 1.50. The molecule has 3 heteroatoms. The van der Waals surface area contributed by atoms with E-state index in [4.69, 9.17) is 9.47 Å². The van der Waals surface area contributed by atoms with E-state index in [9.17, 15) is 4.79 Å². The molecule has 0 bridgehead atoms. The summed E-state index contributed by atoms with van der Waals surface area (Å²) in [6.07, 6.45) is 0. The van der Waals surface area contributed by atoms with Gasteiger partial charge in [-0.3, -0.25) is 4.79 Å². The zero-order valence-corrected chi connectivity index (χ0v) is 12.0. The molecule has 0 heterocycles. The van der Waals surface area contributed by atoms with Crippen molar-refractivity contribution in [2.75, 3.05) is 7.11 Å². The van der Waals surface area contributed by atoms with Crippen LogP contribution in [0.2, 0.25) is 0 Å². The minimum atomic E-state index is -0.470. The monoisotopic (exact) mass is 250 g/mol. The van der Waals surface area contributed by atoms with E-state index in [2.05, 4.69) is 0 Å². The lowest BCUT2D eigenvalue weighted by atomic mass is 9.98. The number of esters is 1. The highest BCUT2D eigenvalue weighted by molar-refractivity contribution is 5.79. The van der Waals surface area contributed by atoms with Crippen molar-refractivity contribution < 1.29 is 14.3 Å². The van der Waals surface area contributed by atoms with Crippen molar-refractivity contribution in [2.24, 2.45) is 0 Å². The first-order chi connectivity index (χ1) is 8.24. The molecule has 0 saturated carbocycles. The van der Waals surface area contributed by atoms with Crippen LogP contribution in [0.1, 0.15) is 44.7 Å². The predicted octanol–water partition coefficient (Wildman–Crippen LogP) is 3.45. The van der Waals surface area contributed by atoms with E-state index >= 15 is 0 Å². The summed E-state index contributed by atoms with van der Waals surface area (Å²) in [6, 6.07) is 5.81. The van der Waals surface area contributed by atoms with Crippen molar-refractivity contribution in [3.05, 3.63) is 29.3 Å². The summed E-state index contributed by atoms with van der Waals surface area (Å²) in [5.74, 6) is 0.157. The average molecular weight is 250 g/mol. The number of benzene rings is 1. The fourth-order valence-corrected chi connectivity index (χ4v) is 1.71. The Hall–Kier alpha value is -1.51. The number of hydrogen-bond acceptors (Lipinski definition) is 3. The van der Waals surface area contributed by atoms with Crippen molar-refractivity contribution in [1.29, 1.82) is 0 Å². The normalized spacial score (nSPS) is 13.0. The zero-order chi connectivity index (χ0) is 13.9. The number of methoxy groups -OCH3 is 1. The molecule has 3 nitrogen and oxygen atoms in total. The maximum atomic E-state index is 12.1. The molecule has 0 aliphatic heterocycles. The third-order valence-corrected chi connectivity index (χ3v) is 2.61. The summed E-state index contributed by atoms with van der Waals surface area (Å²) in [5, 5.41) is 0. The van der Waals surface area contributed by atoms with Gasteiger partial charge in [-0.25, -0.2) is 0 Å². The first kappa shape index (κ1) is 14.6. The topological polar surface area (TPSA) is 35.5 Å². The number of ether oxygens (including phenoxy) is 2. The van der Waals surface area contributed by atoms with E-state index in [0.29, 0.717) is 0 Å². The highest BCUT2D eigenvalue weighted by atomic mass is 16.6. The summed E-state index contributed by atoms with van der Waals surface area (Å²) >= 11 is 0. The summed E-state index contributed by atoms with van der Waals surface area (Å²) < 4.78 is 10.7. The highest BCUT2D eigenvalue weighted by Crippen LogP contribution is 2.29. The Balaban J connectivity index is 2.99. The van der Waals surface area contributed by atoms with Crippen molar-refractivity contribution in [2.45, 2.75) is 46.1 Å². The van der Waals surface area contributed by atoms with E-state index < -0.39 is 5.60 Å². The van der Waals surface area contributed by atoms with Gasteiger partial charge in [-0.05, 0) is 40.7 Å². The molecule has 0 spiro atoms. The van der Waals surface area contributed by atoms with Crippen molar-refractivity contribution >= 4 is 5.97 Å². The zero-order valence-electron chi connectivity index (χ0n) is 12.0.